The maximum absolute atomic E-state index is 12.8. The van der Waals surface area contributed by atoms with E-state index in [0.29, 0.717) is 27.4 Å². The standard InChI is InChI=1S/C22H25ClN6O/c1-13(2)22(30)16-11-25-17-6-7-18(23)28-21(17)20(16)27-15-5-8-19(26-10-15)29-9-3-4-14(24)12-29/h5-8,10-11,13-14H,3-4,9,12,24H2,1-2H3,(H,25,27)/t14-/m1/s1. The summed E-state index contributed by atoms with van der Waals surface area (Å²) in [4.78, 5) is 28.4. The first-order valence-corrected chi connectivity index (χ1v) is 10.5. The Labute approximate surface area is 180 Å². The van der Waals surface area contributed by atoms with E-state index in [0.717, 1.165) is 37.4 Å². The molecule has 1 atom stereocenters. The summed E-state index contributed by atoms with van der Waals surface area (Å²) < 4.78 is 0. The highest BCUT2D eigenvalue weighted by atomic mass is 35.5. The Kier molecular flexibility index (Phi) is 5.83. The molecule has 7 nitrogen and oxygen atoms in total. The van der Waals surface area contributed by atoms with E-state index in [9.17, 15) is 4.79 Å². The summed E-state index contributed by atoms with van der Waals surface area (Å²) in [5, 5.41) is 3.67. The third-order valence-corrected chi connectivity index (χ3v) is 5.48. The first kappa shape index (κ1) is 20.5. The molecule has 4 heterocycles. The number of pyridine rings is 3. The van der Waals surface area contributed by atoms with Gasteiger partial charge in [-0.1, -0.05) is 25.4 Å². The lowest BCUT2D eigenvalue weighted by Gasteiger charge is -2.31. The summed E-state index contributed by atoms with van der Waals surface area (Å²) >= 11 is 6.13. The van der Waals surface area contributed by atoms with Crippen LogP contribution >= 0.6 is 11.6 Å². The van der Waals surface area contributed by atoms with Gasteiger partial charge in [-0.2, -0.15) is 0 Å². The molecule has 156 valence electrons. The van der Waals surface area contributed by atoms with Crippen molar-refractivity contribution >= 4 is 45.6 Å². The minimum Gasteiger partial charge on any atom is -0.355 e. The Morgan fingerprint density at radius 3 is 2.77 bits per heavy atom. The van der Waals surface area contributed by atoms with Crippen LogP contribution in [-0.4, -0.2) is 39.9 Å². The van der Waals surface area contributed by atoms with Crippen molar-refractivity contribution < 1.29 is 4.79 Å². The molecule has 30 heavy (non-hydrogen) atoms. The van der Waals surface area contributed by atoms with Crippen molar-refractivity contribution in [2.45, 2.75) is 32.7 Å². The fraction of sp³-hybridized carbons (Fsp3) is 0.364. The lowest BCUT2D eigenvalue weighted by Crippen LogP contribution is -2.43. The second-order valence-corrected chi connectivity index (χ2v) is 8.33. The van der Waals surface area contributed by atoms with E-state index < -0.39 is 0 Å². The molecule has 1 aliphatic heterocycles. The highest BCUT2D eigenvalue weighted by Gasteiger charge is 2.21. The van der Waals surface area contributed by atoms with Crippen LogP contribution in [0.15, 0.2) is 36.7 Å². The van der Waals surface area contributed by atoms with E-state index in [-0.39, 0.29) is 17.7 Å². The van der Waals surface area contributed by atoms with E-state index in [4.69, 9.17) is 17.3 Å². The van der Waals surface area contributed by atoms with E-state index in [1.807, 2.05) is 26.0 Å². The summed E-state index contributed by atoms with van der Waals surface area (Å²) in [6.45, 7) is 5.49. The molecule has 0 bridgehead atoms. The van der Waals surface area contributed by atoms with Crippen molar-refractivity contribution in [3.05, 3.63) is 47.4 Å². The van der Waals surface area contributed by atoms with Gasteiger partial charge in [-0.25, -0.2) is 9.97 Å². The number of hydrogen-bond acceptors (Lipinski definition) is 7. The molecule has 1 fully saturated rings. The molecule has 0 radical (unpaired) electrons. The maximum atomic E-state index is 12.8. The average molecular weight is 425 g/mol. The van der Waals surface area contributed by atoms with Gasteiger partial charge in [-0.3, -0.25) is 9.78 Å². The number of rotatable bonds is 5. The largest absolute Gasteiger partial charge is 0.355 e. The molecule has 0 amide bonds. The lowest BCUT2D eigenvalue weighted by molar-refractivity contribution is 0.0940. The smallest absolute Gasteiger partial charge is 0.169 e. The highest BCUT2D eigenvalue weighted by Crippen LogP contribution is 2.31. The molecule has 0 saturated carbocycles. The summed E-state index contributed by atoms with van der Waals surface area (Å²) in [6.07, 6.45) is 5.47. The Hall–Kier alpha value is -2.77. The Morgan fingerprint density at radius 1 is 1.23 bits per heavy atom. The van der Waals surface area contributed by atoms with E-state index in [1.165, 1.54) is 0 Å². The number of carbonyl (C=O) groups is 1. The molecule has 3 aromatic rings. The molecular formula is C22H25ClN6O. The monoisotopic (exact) mass is 424 g/mol. The van der Waals surface area contributed by atoms with Crippen LogP contribution in [-0.2, 0) is 0 Å². The fourth-order valence-electron chi connectivity index (χ4n) is 3.68. The predicted octanol–water partition coefficient (Wildman–Crippen LogP) is 4.19. The first-order chi connectivity index (χ1) is 14.4. The molecule has 3 aromatic heterocycles. The van der Waals surface area contributed by atoms with E-state index >= 15 is 0 Å². The number of Topliss-reactive ketones (excluding diaryl/α,β-unsaturated/α-hetero) is 1. The van der Waals surface area contributed by atoms with Crippen molar-refractivity contribution in [2.24, 2.45) is 11.7 Å². The Balaban J connectivity index is 1.69. The van der Waals surface area contributed by atoms with Gasteiger partial charge in [-0.15, -0.1) is 0 Å². The molecule has 1 aliphatic rings. The minimum absolute atomic E-state index is 0.0134. The van der Waals surface area contributed by atoms with Crippen LogP contribution in [0.1, 0.15) is 37.0 Å². The van der Waals surface area contributed by atoms with Crippen LogP contribution in [0.2, 0.25) is 5.15 Å². The maximum Gasteiger partial charge on any atom is 0.169 e. The van der Waals surface area contributed by atoms with Gasteiger partial charge in [0.05, 0.1) is 28.7 Å². The second kappa shape index (κ2) is 8.53. The average Bonchev–Trinajstić information content (AvgIpc) is 2.74. The lowest BCUT2D eigenvalue weighted by atomic mass is 10.00. The number of fused-ring (bicyclic) bond motifs is 1. The van der Waals surface area contributed by atoms with Gasteiger partial charge in [0.2, 0.25) is 0 Å². The summed E-state index contributed by atoms with van der Waals surface area (Å²) in [7, 11) is 0. The number of aromatic nitrogens is 3. The molecule has 4 rings (SSSR count). The summed E-state index contributed by atoms with van der Waals surface area (Å²) in [5.74, 6) is 0.711. The van der Waals surface area contributed by atoms with Gasteiger partial charge < -0.3 is 16.0 Å². The van der Waals surface area contributed by atoms with Crippen LogP contribution in [0.5, 0.6) is 0 Å². The molecule has 0 aromatic carbocycles. The summed E-state index contributed by atoms with van der Waals surface area (Å²) in [5.41, 5.74) is 9.14. The van der Waals surface area contributed by atoms with Gasteiger partial charge in [0.25, 0.3) is 0 Å². The van der Waals surface area contributed by atoms with Crippen molar-refractivity contribution in [3.8, 4) is 0 Å². The van der Waals surface area contributed by atoms with Crippen LogP contribution < -0.4 is 16.0 Å². The molecule has 0 unspecified atom stereocenters. The number of carbonyl (C=O) groups excluding carboxylic acids is 1. The third kappa shape index (κ3) is 4.22. The van der Waals surface area contributed by atoms with Crippen LogP contribution in [0.25, 0.3) is 11.0 Å². The van der Waals surface area contributed by atoms with E-state index in [1.54, 1.807) is 24.5 Å². The van der Waals surface area contributed by atoms with Crippen LogP contribution in [0.4, 0.5) is 17.2 Å². The Morgan fingerprint density at radius 2 is 2.07 bits per heavy atom. The normalized spacial score (nSPS) is 16.8. The summed E-state index contributed by atoms with van der Waals surface area (Å²) in [6, 6.07) is 7.57. The number of nitrogens with zero attached hydrogens (tertiary/aromatic N) is 4. The number of piperidine rings is 1. The fourth-order valence-corrected chi connectivity index (χ4v) is 3.82. The quantitative estimate of drug-likeness (QED) is 0.468. The minimum atomic E-state index is -0.173. The van der Waals surface area contributed by atoms with Gasteiger partial charge in [0, 0.05) is 31.2 Å². The number of hydrogen-bond donors (Lipinski definition) is 2. The number of nitrogens with two attached hydrogens (primary N) is 1. The van der Waals surface area contributed by atoms with Crippen LogP contribution in [0.3, 0.4) is 0 Å². The zero-order chi connectivity index (χ0) is 21.3. The van der Waals surface area contributed by atoms with Crippen molar-refractivity contribution in [2.75, 3.05) is 23.3 Å². The Bertz CT molecular complexity index is 1070. The number of ketones is 1. The highest BCUT2D eigenvalue weighted by molar-refractivity contribution is 6.30. The molecular weight excluding hydrogens is 400 g/mol. The molecule has 3 N–H and O–H groups in total. The van der Waals surface area contributed by atoms with E-state index in [2.05, 4.69) is 25.2 Å². The SMILES string of the molecule is CC(C)C(=O)c1cnc2ccc(Cl)nc2c1Nc1ccc(N2CCC[C@@H](N)C2)nc1. The van der Waals surface area contributed by atoms with Crippen molar-refractivity contribution in [1.29, 1.82) is 0 Å². The first-order valence-electron chi connectivity index (χ1n) is 10.2. The number of halogens is 1. The molecule has 8 heteroatoms. The number of anilines is 3. The second-order valence-electron chi connectivity index (χ2n) is 7.95. The molecule has 0 spiro atoms. The van der Waals surface area contributed by atoms with Gasteiger partial charge in [-0.05, 0) is 37.1 Å². The topological polar surface area (TPSA) is 97.0 Å². The zero-order valence-electron chi connectivity index (χ0n) is 17.1. The van der Waals surface area contributed by atoms with Crippen LogP contribution in [0, 0.1) is 5.92 Å². The van der Waals surface area contributed by atoms with Gasteiger partial charge >= 0.3 is 0 Å². The number of nitrogens with one attached hydrogen (secondary N) is 1. The van der Waals surface area contributed by atoms with Gasteiger partial charge in [0.1, 0.15) is 16.5 Å². The van der Waals surface area contributed by atoms with Gasteiger partial charge in [0.15, 0.2) is 5.78 Å². The van der Waals surface area contributed by atoms with Crippen molar-refractivity contribution in [3.63, 3.8) is 0 Å². The molecule has 1 saturated heterocycles. The molecule has 0 aliphatic carbocycles. The van der Waals surface area contributed by atoms with Crippen molar-refractivity contribution in [1.82, 2.24) is 15.0 Å². The predicted molar refractivity (Wildman–Crippen MR) is 121 cm³/mol. The third-order valence-electron chi connectivity index (χ3n) is 5.27. The zero-order valence-corrected chi connectivity index (χ0v) is 17.9.